The lowest BCUT2D eigenvalue weighted by molar-refractivity contribution is -0.0436. The third-order valence-corrected chi connectivity index (χ3v) is 17.4. The van der Waals surface area contributed by atoms with Crippen LogP contribution in [0.1, 0.15) is 55.2 Å². The molecule has 0 bridgehead atoms. The number of nitrogens with one attached hydrogen (secondary N) is 2. The van der Waals surface area contributed by atoms with Gasteiger partial charge in [0.05, 0.1) is 27.9 Å². The molecule has 2 fully saturated rings. The van der Waals surface area contributed by atoms with Gasteiger partial charge in [0.2, 0.25) is 0 Å². The van der Waals surface area contributed by atoms with Gasteiger partial charge in [-0.2, -0.15) is 13.2 Å². The van der Waals surface area contributed by atoms with Crippen LogP contribution >= 0.6 is 11.8 Å². The van der Waals surface area contributed by atoms with E-state index in [9.17, 15) is 49.4 Å². The van der Waals surface area contributed by atoms with Crippen molar-refractivity contribution in [2.45, 2.75) is 78.4 Å². The fourth-order valence-corrected chi connectivity index (χ4v) is 12.7. The number of carbonyl (C=O) groups is 1. The molecule has 3 heterocycles. The van der Waals surface area contributed by atoms with Gasteiger partial charge in [-0.3, -0.25) is 4.72 Å². The van der Waals surface area contributed by atoms with Gasteiger partial charge in [-0.05, 0) is 148 Å². The van der Waals surface area contributed by atoms with Gasteiger partial charge in [0.1, 0.15) is 16.5 Å². The Morgan fingerprint density at radius 1 is 0.770 bits per heavy atom. The van der Waals surface area contributed by atoms with Gasteiger partial charge in [-0.15, -0.1) is 11.8 Å². The van der Waals surface area contributed by atoms with Crippen LogP contribution in [0.4, 0.5) is 44.7 Å². The standard InChI is InChI=1S/C53H57F5N6O7S3/c1-34(2)64-35(3)49(52(66)67)50(51(64)36-9-11-38(54)12-10-36)37-29-39(55)31-43(30-37)63-27-25-62(26-28-63)42-15-13-40(14-16-42)60-74(70,71)46-17-18-47(48(32-46)73(68,69)53(56,57)58)59-41(33-72-45-7-5-4-6-8-45)19-22-61-23-20-44(65)21-24-61/h4-18,29-32,34,41,44,59-60,65H,19-28,33H2,1-3H3,(H,66,67)/t41-/m1/s1. The molecule has 0 spiro atoms. The van der Waals surface area contributed by atoms with Crippen LogP contribution in [0.25, 0.3) is 22.4 Å². The molecule has 4 N–H and O–H groups in total. The van der Waals surface area contributed by atoms with Crippen LogP contribution in [-0.4, -0.2) is 112 Å². The van der Waals surface area contributed by atoms with Crippen molar-refractivity contribution in [1.82, 2.24) is 9.47 Å². The maximum atomic E-state index is 15.6. The number of benzene rings is 5. The fourth-order valence-electron chi connectivity index (χ4n) is 9.61. The van der Waals surface area contributed by atoms with Crippen LogP contribution in [0.3, 0.4) is 0 Å². The summed E-state index contributed by atoms with van der Waals surface area (Å²) in [7, 11) is -10.7. The van der Waals surface area contributed by atoms with E-state index in [1.54, 1.807) is 37.3 Å². The number of carboxylic acids is 1. The summed E-state index contributed by atoms with van der Waals surface area (Å²) in [6.07, 6.45) is 1.17. The van der Waals surface area contributed by atoms with Crippen molar-refractivity contribution in [1.29, 1.82) is 0 Å². The van der Waals surface area contributed by atoms with Crippen LogP contribution in [0, 0.1) is 18.6 Å². The van der Waals surface area contributed by atoms with Crippen LogP contribution < -0.4 is 19.8 Å². The number of aromatic nitrogens is 1. The van der Waals surface area contributed by atoms with Gasteiger partial charge in [0, 0.05) is 96.9 Å². The molecule has 5 aromatic carbocycles. The predicted octanol–water partition coefficient (Wildman–Crippen LogP) is 10.5. The molecular weight excluding hydrogens is 1020 g/mol. The molecule has 2 saturated heterocycles. The van der Waals surface area contributed by atoms with E-state index in [4.69, 9.17) is 0 Å². The molecule has 6 aromatic rings. The van der Waals surface area contributed by atoms with E-state index in [-0.39, 0.29) is 17.3 Å². The second kappa shape index (κ2) is 22.4. The van der Waals surface area contributed by atoms with Crippen LogP contribution in [0.5, 0.6) is 0 Å². The number of alkyl halides is 3. The Labute approximate surface area is 432 Å². The number of anilines is 4. The Hall–Kier alpha value is -6.13. The van der Waals surface area contributed by atoms with E-state index in [0.717, 1.165) is 17.0 Å². The Kier molecular flexibility index (Phi) is 16.4. The number of aliphatic hydroxyl groups is 1. The summed E-state index contributed by atoms with van der Waals surface area (Å²) in [5.74, 6) is -1.88. The smallest absolute Gasteiger partial charge is 0.478 e. The van der Waals surface area contributed by atoms with E-state index in [2.05, 4.69) is 14.9 Å². The van der Waals surface area contributed by atoms with Gasteiger partial charge >= 0.3 is 11.5 Å². The second-order valence-electron chi connectivity index (χ2n) is 18.7. The number of likely N-dealkylation sites (tertiary alicyclic amines) is 1. The van der Waals surface area contributed by atoms with E-state index in [1.807, 2.05) is 58.5 Å². The lowest BCUT2D eigenvalue weighted by Gasteiger charge is -2.37. The SMILES string of the molecule is Cc1c(C(=O)O)c(-c2cc(F)cc(N3CCN(c4ccc(NS(=O)(=O)c5ccc(N[C@H](CCN6CCC(O)CC6)CSc6ccccc6)c(S(=O)(=O)C(F)(F)F)c5)cc4)CC3)c2)c(-c2ccc(F)cc2)n1C(C)C. The van der Waals surface area contributed by atoms with Gasteiger partial charge in [-0.1, -0.05) is 18.2 Å². The number of thioether (sulfide) groups is 1. The molecule has 2 aliphatic heterocycles. The van der Waals surface area contributed by atoms with Crippen LogP contribution in [0.15, 0.2) is 130 Å². The summed E-state index contributed by atoms with van der Waals surface area (Å²) in [5.41, 5.74) is -2.63. The van der Waals surface area contributed by atoms with Crippen molar-refractivity contribution in [3.05, 3.63) is 138 Å². The van der Waals surface area contributed by atoms with Crippen molar-refractivity contribution >= 4 is 60.3 Å². The number of halogens is 5. The molecule has 2 aliphatic rings. The molecule has 0 radical (unpaired) electrons. The van der Waals surface area contributed by atoms with Crippen molar-refractivity contribution in [3.63, 3.8) is 0 Å². The van der Waals surface area contributed by atoms with Gasteiger partial charge in [-0.25, -0.2) is 30.4 Å². The first-order chi connectivity index (χ1) is 35.1. The minimum absolute atomic E-state index is 0.00986. The Morgan fingerprint density at radius 3 is 2.01 bits per heavy atom. The number of rotatable bonds is 18. The largest absolute Gasteiger partial charge is 0.501 e. The number of aliphatic hydroxyl groups excluding tert-OH is 1. The molecule has 0 aliphatic carbocycles. The monoisotopic (exact) mass is 1080 g/mol. The molecule has 0 amide bonds. The minimum atomic E-state index is -6.06. The van der Waals surface area contributed by atoms with Crippen molar-refractivity contribution in [2.75, 3.05) is 71.4 Å². The molecule has 74 heavy (non-hydrogen) atoms. The van der Waals surface area contributed by atoms with Crippen molar-refractivity contribution in [3.8, 4) is 22.4 Å². The van der Waals surface area contributed by atoms with E-state index >= 15 is 4.39 Å². The predicted molar refractivity (Wildman–Crippen MR) is 280 cm³/mol. The van der Waals surface area contributed by atoms with Crippen LogP contribution in [0.2, 0.25) is 0 Å². The summed E-state index contributed by atoms with van der Waals surface area (Å²) in [6.45, 7) is 9.03. The first-order valence-electron chi connectivity index (χ1n) is 24.1. The van der Waals surface area contributed by atoms with E-state index < -0.39 is 70.6 Å². The fraction of sp³-hybridized carbons (Fsp3) is 0.340. The molecule has 1 aromatic heterocycles. The number of sulfonamides is 1. The Bertz CT molecular complexity index is 3180. The Balaban J connectivity index is 0.979. The zero-order valence-electron chi connectivity index (χ0n) is 40.8. The van der Waals surface area contributed by atoms with E-state index in [1.165, 1.54) is 48.2 Å². The molecule has 394 valence electrons. The highest BCUT2D eigenvalue weighted by Gasteiger charge is 2.48. The lowest BCUT2D eigenvalue weighted by Crippen LogP contribution is -2.46. The number of carboxylic acid groups (broad SMARTS) is 1. The lowest BCUT2D eigenvalue weighted by atomic mass is 9.96. The maximum absolute atomic E-state index is 15.6. The topological polar surface area (TPSA) is 165 Å². The summed E-state index contributed by atoms with van der Waals surface area (Å²) in [6, 6.07) is 27.6. The molecular formula is C53H57F5N6O7S3. The molecule has 13 nitrogen and oxygen atoms in total. The highest BCUT2D eigenvalue weighted by molar-refractivity contribution is 7.99. The molecule has 21 heteroatoms. The maximum Gasteiger partial charge on any atom is 0.501 e. The number of piperazine rings is 1. The summed E-state index contributed by atoms with van der Waals surface area (Å²) < 4.78 is 131. The first kappa shape index (κ1) is 54.1. The molecule has 0 unspecified atom stereocenters. The van der Waals surface area contributed by atoms with Crippen molar-refractivity contribution < 1.29 is 53.8 Å². The quantitative estimate of drug-likeness (QED) is 0.0476. The zero-order chi connectivity index (χ0) is 53.1. The number of sulfone groups is 1. The molecule has 1 atom stereocenters. The average molecular weight is 1080 g/mol. The first-order valence-corrected chi connectivity index (χ1v) is 28.0. The average Bonchev–Trinajstić information content (AvgIpc) is 3.68. The number of aromatic carboxylic acids is 1. The number of piperidine rings is 1. The number of hydrogen-bond acceptors (Lipinski definition) is 11. The van der Waals surface area contributed by atoms with Crippen LogP contribution in [-0.2, 0) is 19.9 Å². The normalized spacial score (nSPS) is 15.6. The molecule has 8 rings (SSSR count). The van der Waals surface area contributed by atoms with Gasteiger partial charge in [0.25, 0.3) is 19.9 Å². The van der Waals surface area contributed by atoms with Crippen molar-refractivity contribution in [2.24, 2.45) is 0 Å². The number of hydrogen-bond donors (Lipinski definition) is 4. The third kappa shape index (κ3) is 12.2. The summed E-state index contributed by atoms with van der Waals surface area (Å²) >= 11 is 1.43. The highest BCUT2D eigenvalue weighted by Crippen LogP contribution is 2.43. The third-order valence-electron chi connectivity index (χ3n) is 13.4. The second-order valence-corrected chi connectivity index (χ2v) is 23.4. The summed E-state index contributed by atoms with van der Waals surface area (Å²) in [4.78, 5) is 17.9. The summed E-state index contributed by atoms with van der Waals surface area (Å²) in [5, 5.41) is 23.5. The van der Waals surface area contributed by atoms with Gasteiger partial charge in [0.15, 0.2) is 0 Å². The molecule has 0 saturated carbocycles. The van der Waals surface area contributed by atoms with E-state index in [0.29, 0.717) is 116 Å². The highest BCUT2D eigenvalue weighted by atomic mass is 32.2. The minimum Gasteiger partial charge on any atom is -0.478 e. The Morgan fingerprint density at radius 2 is 1.41 bits per heavy atom. The number of nitrogens with zero attached hydrogens (tertiary/aromatic N) is 4. The van der Waals surface area contributed by atoms with Gasteiger partial charge < -0.3 is 34.8 Å². The zero-order valence-corrected chi connectivity index (χ0v) is 43.3.